The number of hydrogen-bond donors (Lipinski definition) is 1. The molecular formula is C11H18N4O3. The van der Waals surface area contributed by atoms with E-state index in [1.54, 1.807) is 18.5 Å². The number of imidazole rings is 1. The molecule has 0 amide bonds. The Morgan fingerprint density at radius 3 is 2.78 bits per heavy atom. The van der Waals surface area contributed by atoms with Crippen LogP contribution in [-0.2, 0) is 7.05 Å². The van der Waals surface area contributed by atoms with Crippen molar-refractivity contribution in [2.24, 2.45) is 12.8 Å². The van der Waals surface area contributed by atoms with Crippen LogP contribution in [0.5, 0.6) is 5.88 Å². The highest BCUT2D eigenvalue weighted by Gasteiger charge is 2.31. The van der Waals surface area contributed by atoms with Crippen molar-refractivity contribution in [2.75, 3.05) is 0 Å². The summed E-state index contributed by atoms with van der Waals surface area (Å²) in [7, 11) is 1.71. The van der Waals surface area contributed by atoms with Crippen molar-refractivity contribution in [3.63, 3.8) is 0 Å². The van der Waals surface area contributed by atoms with E-state index in [0.29, 0.717) is 5.82 Å². The Morgan fingerprint density at radius 1 is 1.50 bits per heavy atom. The minimum absolute atomic E-state index is 0.0615. The molecule has 2 N–H and O–H groups in total. The number of hydrogen-bond acceptors (Lipinski definition) is 5. The minimum Gasteiger partial charge on any atom is -0.468 e. The van der Waals surface area contributed by atoms with Gasteiger partial charge in [-0.3, -0.25) is 4.57 Å². The fourth-order valence-electron chi connectivity index (χ4n) is 2.24. The molecule has 7 nitrogen and oxygen atoms in total. The Labute approximate surface area is 105 Å². The van der Waals surface area contributed by atoms with Gasteiger partial charge >= 0.3 is 5.82 Å². The summed E-state index contributed by atoms with van der Waals surface area (Å²) in [5, 5.41) is 10.9. The van der Waals surface area contributed by atoms with Crippen LogP contribution in [0.2, 0.25) is 0 Å². The van der Waals surface area contributed by atoms with Gasteiger partial charge in [-0.05, 0) is 29.2 Å². The summed E-state index contributed by atoms with van der Waals surface area (Å²) >= 11 is 0. The fraction of sp³-hybridized carbons (Fsp3) is 0.727. The number of nitrogens with zero attached hydrogens (tertiary/aromatic N) is 3. The Bertz CT molecular complexity index is 457. The first kappa shape index (κ1) is 12.8. The highest BCUT2D eigenvalue weighted by molar-refractivity contribution is 5.36. The van der Waals surface area contributed by atoms with Crippen molar-refractivity contribution in [1.82, 2.24) is 9.55 Å². The third kappa shape index (κ3) is 2.31. The normalized spacial score (nSPS) is 23.9. The number of aromatic nitrogens is 2. The van der Waals surface area contributed by atoms with Crippen LogP contribution < -0.4 is 10.5 Å². The van der Waals surface area contributed by atoms with Crippen LogP contribution in [0.15, 0.2) is 0 Å². The quantitative estimate of drug-likeness (QED) is 0.647. The molecule has 7 heteroatoms. The number of ether oxygens (including phenoxy) is 1. The predicted octanol–water partition coefficient (Wildman–Crippen LogP) is 1.29. The summed E-state index contributed by atoms with van der Waals surface area (Å²) in [4.78, 5) is 14.3. The number of nitro groups is 1. The van der Waals surface area contributed by atoms with Gasteiger partial charge in [-0.25, -0.2) is 0 Å². The molecule has 0 saturated heterocycles. The summed E-state index contributed by atoms with van der Waals surface area (Å²) in [6, 6.07) is -0.0615. The lowest BCUT2D eigenvalue weighted by atomic mass is 9.93. The van der Waals surface area contributed by atoms with Crippen molar-refractivity contribution in [3.8, 4) is 5.88 Å². The van der Waals surface area contributed by atoms with Crippen molar-refractivity contribution in [2.45, 2.75) is 44.8 Å². The zero-order valence-corrected chi connectivity index (χ0v) is 10.6. The summed E-state index contributed by atoms with van der Waals surface area (Å²) < 4.78 is 7.34. The second-order valence-electron chi connectivity index (χ2n) is 4.71. The molecule has 0 aromatic carbocycles. The lowest BCUT2D eigenvalue weighted by Crippen LogP contribution is -2.41. The molecule has 1 aliphatic rings. The van der Waals surface area contributed by atoms with Gasteiger partial charge in [0, 0.05) is 20.0 Å². The molecule has 18 heavy (non-hydrogen) atoms. The van der Waals surface area contributed by atoms with Gasteiger partial charge in [0.05, 0.1) is 0 Å². The van der Waals surface area contributed by atoms with Gasteiger partial charge < -0.3 is 20.6 Å². The second-order valence-corrected chi connectivity index (χ2v) is 4.71. The standard InChI is InChI=1S/C11H18N4O3/c1-7-13-10(15(16)17)11(14(7)2)18-9-6-4-3-5-8(9)12/h8-9H,3-6,12H2,1-2H3. The first-order chi connectivity index (χ1) is 8.50. The highest BCUT2D eigenvalue weighted by Crippen LogP contribution is 2.30. The minimum atomic E-state index is -0.517. The molecule has 0 aliphatic heterocycles. The van der Waals surface area contributed by atoms with Crippen molar-refractivity contribution >= 4 is 5.82 Å². The van der Waals surface area contributed by atoms with Crippen LogP contribution in [0.3, 0.4) is 0 Å². The van der Waals surface area contributed by atoms with Gasteiger partial charge in [0.2, 0.25) is 5.82 Å². The Balaban J connectivity index is 2.24. The molecule has 1 heterocycles. The Hall–Kier alpha value is -1.63. The highest BCUT2D eigenvalue weighted by atomic mass is 16.6. The molecule has 100 valence electrons. The number of aryl methyl sites for hydroxylation is 1. The third-order valence-corrected chi connectivity index (χ3v) is 3.44. The first-order valence-corrected chi connectivity index (χ1v) is 6.10. The average Bonchev–Trinajstić information content (AvgIpc) is 2.60. The fourth-order valence-corrected chi connectivity index (χ4v) is 2.24. The number of nitrogens with two attached hydrogens (primary N) is 1. The third-order valence-electron chi connectivity index (χ3n) is 3.44. The molecular weight excluding hydrogens is 236 g/mol. The van der Waals surface area contributed by atoms with Crippen LogP contribution in [0.25, 0.3) is 0 Å². The SMILES string of the molecule is Cc1nc([N+](=O)[O-])c(OC2CCCCC2N)n1C. The van der Waals surface area contributed by atoms with Gasteiger partial charge in [-0.2, -0.15) is 0 Å². The van der Waals surface area contributed by atoms with Crippen molar-refractivity contribution in [3.05, 3.63) is 15.9 Å². The molecule has 1 saturated carbocycles. The zero-order chi connectivity index (χ0) is 13.3. The maximum Gasteiger partial charge on any atom is 0.426 e. The summed E-state index contributed by atoms with van der Waals surface area (Å²) in [5.74, 6) is 0.536. The predicted molar refractivity (Wildman–Crippen MR) is 65.5 cm³/mol. The maximum atomic E-state index is 10.9. The van der Waals surface area contributed by atoms with Crippen LogP contribution >= 0.6 is 0 Å². The lowest BCUT2D eigenvalue weighted by Gasteiger charge is -2.28. The Morgan fingerprint density at radius 2 is 2.17 bits per heavy atom. The van der Waals surface area contributed by atoms with E-state index in [1.165, 1.54) is 0 Å². The van der Waals surface area contributed by atoms with Crippen molar-refractivity contribution in [1.29, 1.82) is 0 Å². The molecule has 1 fully saturated rings. The van der Waals surface area contributed by atoms with Gasteiger partial charge in [-0.15, -0.1) is 0 Å². The van der Waals surface area contributed by atoms with E-state index in [9.17, 15) is 10.1 Å². The summed E-state index contributed by atoms with van der Waals surface area (Å²) in [6.45, 7) is 1.71. The van der Waals surface area contributed by atoms with Crippen LogP contribution in [0.1, 0.15) is 31.5 Å². The van der Waals surface area contributed by atoms with Gasteiger partial charge in [0.25, 0.3) is 5.88 Å². The molecule has 1 aromatic heterocycles. The maximum absolute atomic E-state index is 10.9. The van der Waals surface area contributed by atoms with Crippen LogP contribution in [0.4, 0.5) is 5.82 Å². The smallest absolute Gasteiger partial charge is 0.426 e. The van der Waals surface area contributed by atoms with E-state index < -0.39 is 4.92 Å². The van der Waals surface area contributed by atoms with Crippen LogP contribution in [0, 0.1) is 17.0 Å². The van der Waals surface area contributed by atoms with Gasteiger partial charge in [0.1, 0.15) is 6.10 Å². The monoisotopic (exact) mass is 254 g/mol. The van der Waals surface area contributed by atoms with E-state index in [1.807, 2.05) is 0 Å². The van der Waals surface area contributed by atoms with Gasteiger partial charge in [-0.1, -0.05) is 6.42 Å². The second kappa shape index (κ2) is 4.93. The molecule has 0 spiro atoms. The molecule has 2 unspecified atom stereocenters. The topological polar surface area (TPSA) is 96.2 Å². The molecule has 0 bridgehead atoms. The molecule has 1 aromatic rings. The average molecular weight is 254 g/mol. The van der Waals surface area contributed by atoms with Crippen molar-refractivity contribution < 1.29 is 9.66 Å². The Kier molecular flexibility index (Phi) is 3.51. The van der Waals surface area contributed by atoms with E-state index in [4.69, 9.17) is 10.5 Å². The number of rotatable bonds is 3. The van der Waals surface area contributed by atoms with E-state index in [0.717, 1.165) is 25.7 Å². The van der Waals surface area contributed by atoms with E-state index >= 15 is 0 Å². The first-order valence-electron chi connectivity index (χ1n) is 6.10. The largest absolute Gasteiger partial charge is 0.468 e. The molecule has 2 rings (SSSR count). The lowest BCUT2D eigenvalue weighted by molar-refractivity contribution is -0.390. The summed E-state index contributed by atoms with van der Waals surface area (Å²) in [6.07, 6.45) is 3.71. The molecule has 1 aliphatic carbocycles. The van der Waals surface area contributed by atoms with E-state index in [-0.39, 0.29) is 23.8 Å². The molecule has 0 radical (unpaired) electrons. The van der Waals surface area contributed by atoms with E-state index in [2.05, 4.69) is 4.98 Å². The zero-order valence-electron chi connectivity index (χ0n) is 10.6. The summed E-state index contributed by atoms with van der Waals surface area (Å²) in [5.41, 5.74) is 5.99. The van der Waals surface area contributed by atoms with Gasteiger partial charge in [0.15, 0.2) is 0 Å². The van der Waals surface area contributed by atoms with Crippen LogP contribution in [-0.4, -0.2) is 26.6 Å². The molecule has 2 atom stereocenters.